The zero-order chi connectivity index (χ0) is 24.1. The van der Waals surface area contributed by atoms with E-state index in [1.54, 1.807) is 0 Å². The van der Waals surface area contributed by atoms with Crippen molar-refractivity contribution in [3.05, 3.63) is 60.2 Å². The van der Waals surface area contributed by atoms with Gasteiger partial charge in [0, 0.05) is 63.5 Å². The number of rotatable bonds is 21. The van der Waals surface area contributed by atoms with Gasteiger partial charge in [0.05, 0.1) is 0 Å². The summed E-state index contributed by atoms with van der Waals surface area (Å²) >= 11 is 0. The van der Waals surface area contributed by atoms with Gasteiger partial charge in [0.2, 0.25) is 0 Å². The Balaban J connectivity index is 0.00000612. The van der Waals surface area contributed by atoms with Crippen molar-refractivity contribution in [2.75, 3.05) is 26.4 Å². The Morgan fingerprint density at radius 2 is 0.889 bits per heavy atom. The second kappa shape index (κ2) is 24.2. The molecule has 2 aromatic rings. The van der Waals surface area contributed by atoms with Crippen LogP contribution in [0.4, 0.5) is 0 Å². The molecule has 0 atom stereocenters. The lowest BCUT2D eigenvalue weighted by Gasteiger charge is -2.04. The fourth-order valence-corrected chi connectivity index (χ4v) is 4.01. The fraction of sp³-hybridized carbons (Fsp3) is 0.667. The first-order chi connectivity index (χ1) is 16.8. The normalized spacial score (nSPS) is 10.6. The number of ether oxygens (including phenoxy) is 2. The highest BCUT2D eigenvalue weighted by Crippen LogP contribution is 2.07. The molecule has 0 aliphatic rings. The van der Waals surface area contributed by atoms with E-state index in [0.717, 1.165) is 65.2 Å². The topological polar surface area (TPSA) is 26.2 Å². The van der Waals surface area contributed by atoms with Crippen LogP contribution in [0.15, 0.2) is 49.1 Å². The summed E-state index contributed by atoms with van der Waals surface area (Å²) in [5, 5.41) is 0. The summed E-state index contributed by atoms with van der Waals surface area (Å²) in [6.07, 6.45) is 23.2. The minimum atomic E-state index is 0. The summed E-state index contributed by atoms with van der Waals surface area (Å²) in [6.45, 7) is 10.2. The third kappa shape index (κ3) is 17.3. The van der Waals surface area contributed by atoms with Crippen LogP contribution in [0.3, 0.4) is 0 Å². The number of halogens is 2. The molecule has 0 aromatic carbocycles. The molecule has 6 heteroatoms. The number of aryl methyl sites for hydroxylation is 4. The van der Waals surface area contributed by atoms with Gasteiger partial charge in [-0.3, -0.25) is 0 Å². The Morgan fingerprint density at radius 3 is 1.31 bits per heavy atom. The van der Waals surface area contributed by atoms with Crippen molar-refractivity contribution >= 4 is 0 Å². The SMILES string of the molecule is CCCCCOCCCC[n+]1ccc(CCCc2cc[n+](CCCCOCCCC)cc2)cc1.[Cl-].[Cl-]. The molecule has 0 amide bonds. The monoisotopic (exact) mass is 540 g/mol. The average Bonchev–Trinajstić information content (AvgIpc) is 2.87. The third-order valence-electron chi connectivity index (χ3n) is 6.30. The van der Waals surface area contributed by atoms with Crippen LogP contribution in [-0.2, 0) is 35.4 Å². The molecule has 0 N–H and O–H groups in total. The smallest absolute Gasteiger partial charge is 0.169 e. The van der Waals surface area contributed by atoms with E-state index < -0.39 is 0 Å². The van der Waals surface area contributed by atoms with Crippen molar-refractivity contribution in [2.45, 2.75) is 104 Å². The van der Waals surface area contributed by atoms with Crippen LogP contribution in [0.2, 0.25) is 0 Å². The number of aromatic nitrogens is 2. The van der Waals surface area contributed by atoms with Crippen LogP contribution in [0.5, 0.6) is 0 Å². The molecule has 2 rings (SSSR count). The highest BCUT2D eigenvalue weighted by molar-refractivity contribution is 5.10. The van der Waals surface area contributed by atoms with E-state index in [2.05, 4.69) is 72.0 Å². The van der Waals surface area contributed by atoms with Crippen molar-refractivity contribution in [1.29, 1.82) is 0 Å². The lowest BCUT2D eigenvalue weighted by atomic mass is 10.1. The van der Waals surface area contributed by atoms with Gasteiger partial charge in [-0.15, -0.1) is 0 Å². The predicted molar refractivity (Wildman–Crippen MR) is 140 cm³/mol. The zero-order valence-electron chi connectivity index (χ0n) is 22.8. The maximum atomic E-state index is 5.70. The van der Waals surface area contributed by atoms with E-state index in [9.17, 15) is 0 Å². The zero-order valence-corrected chi connectivity index (χ0v) is 24.3. The van der Waals surface area contributed by atoms with E-state index in [-0.39, 0.29) is 24.8 Å². The molecule has 0 unspecified atom stereocenters. The molecule has 2 heterocycles. The molecule has 0 aliphatic carbocycles. The molecule has 2 aromatic heterocycles. The lowest BCUT2D eigenvalue weighted by Crippen LogP contribution is -3.00. The minimum Gasteiger partial charge on any atom is -1.00 e. The van der Waals surface area contributed by atoms with Crippen molar-refractivity contribution in [3.63, 3.8) is 0 Å². The third-order valence-corrected chi connectivity index (χ3v) is 6.30. The molecule has 36 heavy (non-hydrogen) atoms. The van der Waals surface area contributed by atoms with Gasteiger partial charge < -0.3 is 34.3 Å². The Morgan fingerprint density at radius 1 is 0.500 bits per heavy atom. The van der Waals surface area contributed by atoms with Crippen molar-refractivity contribution in [1.82, 2.24) is 0 Å². The molecule has 0 fully saturated rings. The summed E-state index contributed by atoms with van der Waals surface area (Å²) in [7, 11) is 0. The molecule has 206 valence electrons. The number of pyridine rings is 2. The summed E-state index contributed by atoms with van der Waals surface area (Å²) in [5.41, 5.74) is 2.87. The predicted octanol–water partition coefficient (Wildman–Crippen LogP) is 0.0288. The van der Waals surface area contributed by atoms with Gasteiger partial charge in [0.25, 0.3) is 0 Å². The van der Waals surface area contributed by atoms with Gasteiger partial charge in [0.1, 0.15) is 13.1 Å². The molecule has 0 saturated heterocycles. The van der Waals surface area contributed by atoms with Gasteiger partial charge in [-0.1, -0.05) is 33.1 Å². The summed E-state index contributed by atoms with van der Waals surface area (Å²) in [6, 6.07) is 9.13. The number of nitrogens with zero attached hydrogens (tertiary/aromatic N) is 2. The summed E-state index contributed by atoms with van der Waals surface area (Å²) in [4.78, 5) is 0. The van der Waals surface area contributed by atoms with Crippen LogP contribution in [0.1, 0.15) is 89.2 Å². The van der Waals surface area contributed by atoms with E-state index in [1.165, 1.54) is 62.5 Å². The number of hydrogen-bond donors (Lipinski definition) is 0. The van der Waals surface area contributed by atoms with Gasteiger partial charge in [-0.25, -0.2) is 9.13 Å². The van der Waals surface area contributed by atoms with Crippen LogP contribution < -0.4 is 33.9 Å². The van der Waals surface area contributed by atoms with E-state index >= 15 is 0 Å². The Hall–Kier alpha value is -1.20. The van der Waals surface area contributed by atoms with Crippen LogP contribution in [0.25, 0.3) is 0 Å². The Bertz CT molecular complexity index is 727. The van der Waals surface area contributed by atoms with Gasteiger partial charge in [-0.2, -0.15) is 0 Å². The summed E-state index contributed by atoms with van der Waals surface area (Å²) < 4.78 is 15.9. The highest BCUT2D eigenvalue weighted by Gasteiger charge is 2.04. The second-order valence-corrected chi connectivity index (χ2v) is 9.44. The average molecular weight is 542 g/mol. The molecule has 0 spiro atoms. The first kappa shape index (κ1) is 34.8. The van der Waals surface area contributed by atoms with E-state index in [0.29, 0.717) is 0 Å². The van der Waals surface area contributed by atoms with Crippen molar-refractivity contribution in [2.24, 2.45) is 0 Å². The number of hydrogen-bond acceptors (Lipinski definition) is 2. The summed E-state index contributed by atoms with van der Waals surface area (Å²) in [5.74, 6) is 0. The molecular formula is C30H50Cl2N2O2. The molecule has 0 radical (unpaired) electrons. The fourth-order valence-electron chi connectivity index (χ4n) is 4.01. The number of unbranched alkanes of at least 4 members (excludes halogenated alkanes) is 5. The Labute approximate surface area is 233 Å². The first-order valence-electron chi connectivity index (χ1n) is 13.9. The molecular weight excluding hydrogens is 491 g/mol. The largest absolute Gasteiger partial charge is 1.00 e. The molecule has 4 nitrogen and oxygen atoms in total. The van der Waals surface area contributed by atoms with Crippen molar-refractivity contribution in [3.8, 4) is 0 Å². The minimum absolute atomic E-state index is 0. The van der Waals surface area contributed by atoms with Gasteiger partial charge in [-0.05, 0) is 56.1 Å². The first-order valence-corrected chi connectivity index (χ1v) is 13.9. The van der Waals surface area contributed by atoms with Crippen LogP contribution in [0, 0.1) is 0 Å². The second-order valence-electron chi connectivity index (χ2n) is 9.44. The van der Waals surface area contributed by atoms with Gasteiger partial charge >= 0.3 is 0 Å². The standard InChI is InChI=1S/C30H50N2O2.2ClH/c1-3-5-9-26-34-28-11-8-20-32-23-17-30(18-24-32)14-12-13-29-15-21-31(22-16-29)19-7-10-27-33-25-6-4-2;;/h15-18,21-24H,3-14,19-20,25-28H2,1-2H3;2*1H/q+2;;/p-2. The molecule has 0 aliphatic heterocycles. The Kier molecular flexibility index (Phi) is 23.3. The molecule has 0 saturated carbocycles. The molecule has 0 bridgehead atoms. The maximum absolute atomic E-state index is 5.70. The van der Waals surface area contributed by atoms with Crippen LogP contribution in [-0.4, -0.2) is 26.4 Å². The quantitative estimate of drug-likeness (QED) is 0.165. The van der Waals surface area contributed by atoms with Crippen molar-refractivity contribution < 1.29 is 43.4 Å². The highest BCUT2D eigenvalue weighted by atomic mass is 35.5. The van der Waals surface area contributed by atoms with Gasteiger partial charge in [0.15, 0.2) is 24.8 Å². The lowest BCUT2D eigenvalue weighted by molar-refractivity contribution is -0.697. The van der Waals surface area contributed by atoms with E-state index in [1.807, 2.05) is 0 Å². The van der Waals surface area contributed by atoms with Crippen LogP contribution >= 0.6 is 0 Å². The van der Waals surface area contributed by atoms with E-state index in [4.69, 9.17) is 9.47 Å². The maximum Gasteiger partial charge on any atom is 0.169 e.